The molecule has 0 saturated carbocycles. The summed E-state index contributed by atoms with van der Waals surface area (Å²) in [6, 6.07) is 3.36. The average molecular weight is 308 g/mol. The Labute approximate surface area is 126 Å². The van der Waals surface area contributed by atoms with Gasteiger partial charge in [-0.2, -0.15) is 0 Å². The highest BCUT2D eigenvalue weighted by atomic mass is 35.5. The first-order valence-electron chi connectivity index (χ1n) is 6.70. The summed E-state index contributed by atoms with van der Waals surface area (Å²) in [5, 5.41) is 13.3. The molecule has 110 valence electrons. The lowest BCUT2D eigenvalue weighted by Crippen LogP contribution is -2.05. The van der Waals surface area contributed by atoms with Gasteiger partial charge in [0.05, 0.1) is 12.1 Å². The van der Waals surface area contributed by atoms with Crippen LogP contribution in [0.3, 0.4) is 0 Å². The molecule has 0 spiro atoms. The van der Waals surface area contributed by atoms with Gasteiger partial charge in [-0.05, 0) is 42.9 Å². The van der Waals surface area contributed by atoms with Crippen molar-refractivity contribution in [3.8, 4) is 17.0 Å². The van der Waals surface area contributed by atoms with Crippen LogP contribution in [0.5, 0.6) is 5.75 Å². The lowest BCUT2D eigenvalue weighted by atomic mass is 9.89. The van der Waals surface area contributed by atoms with Crippen LogP contribution < -0.4 is 4.74 Å². The van der Waals surface area contributed by atoms with Crippen molar-refractivity contribution in [2.45, 2.75) is 25.7 Å². The highest BCUT2D eigenvalue weighted by Crippen LogP contribution is 2.42. The van der Waals surface area contributed by atoms with Crippen molar-refractivity contribution in [3.05, 3.63) is 34.0 Å². The lowest BCUT2D eigenvalue weighted by molar-refractivity contribution is 0.0652. The third-order valence-corrected chi connectivity index (χ3v) is 4.14. The summed E-state index contributed by atoms with van der Waals surface area (Å²) in [5.41, 5.74) is 3.37. The van der Waals surface area contributed by atoms with Gasteiger partial charge in [0.15, 0.2) is 0 Å². The normalized spacial score (nSPS) is 13.8. The molecule has 21 heavy (non-hydrogen) atoms. The number of carboxylic acids is 1. The quantitative estimate of drug-likeness (QED) is 0.938. The zero-order valence-electron chi connectivity index (χ0n) is 11.5. The summed E-state index contributed by atoms with van der Waals surface area (Å²) < 4.78 is 10.2. The minimum atomic E-state index is -1.16. The van der Waals surface area contributed by atoms with E-state index in [1.165, 1.54) is 18.7 Å². The van der Waals surface area contributed by atoms with E-state index >= 15 is 0 Å². The number of benzene rings is 1. The van der Waals surface area contributed by atoms with Crippen LogP contribution in [-0.2, 0) is 12.8 Å². The minimum absolute atomic E-state index is 0.208. The second-order valence-corrected chi connectivity index (χ2v) is 5.38. The molecule has 1 aromatic heterocycles. The van der Waals surface area contributed by atoms with E-state index in [1.807, 2.05) is 6.07 Å². The topological polar surface area (TPSA) is 72.6 Å². The summed E-state index contributed by atoms with van der Waals surface area (Å²) in [7, 11) is 1.54. The smallest absolute Gasteiger partial charge is 0.374 e. The van der Waals surface area contributed by atoms with Gasteiger partial charge >= 0.3 is 5.97 Å². The molecule has 1 aliphatic carbocycles. The van der Waals surface area contributed by atoms with E-state index < -0.39 is 5.97 Å². The number of aromatic carboxylic acids is 1. The number of methoxy groups -OCH3 is 1. The Bertz CT molecular complexity index is 708. The Morgan fingerprint density at radius 2 is 2.14 bits per heavy atom. The first-order valence-corrected chi connectivity index (χ1v) is 7.08. The zero-order chi connectivity index (χ0) is 15.0. The number of halogens is 1. The number of ether oxygens (including phenoxy) is 1. The molecule has 1 heterocycles. The van der Waals surface area contributed by atoms with Crippen molar-refractivity contribution in [1.29, 1.82) is 0 Å². The van der Waals surface area contributed by atoms with Gasteiger partial charge in [-0.25, -0.2) is 4.79 Å². The Morgan fingerprint density at radius 1 is 1.38 bits per heavy atom. The summed E-state index contributed by atoms with van der Waals surface area (Å²) >= 11 is 6.45. The molecule has 0 atom stereocenters. The molecular weight excluding hydrogens is 294 g/mol. The number of nitrogens with zero attached hydrogens (tertiary/aromatic N) is 1. The van der Waals surface area contributed by atoms with Gasteiger partial charge in [-0.1, -0.05) is 16.8 Å². The highest BCUT2D eigenvalue weighted by Gasteiger charge is 2.23. The standard InChI is InChI=1S/C15H14ClNO4/c1-20-14-10(11-7-12(15(18)19)21-17-11)6-8-4-2-3-5-9(8)13(14)16/h6-7H,2-5H2,1H3,(H,18,19). The molecule has 0 bridgehead atoms. The van der Waals surface area contributed by atoms with Gasteiger partial charge in [0.2, 0.25) is 5.76 Å². The number of hydrogen-bond acceptors (Lipinski definition) is 4. The van der Waals surface area contributed by atoms with E-state index in [1.54, 1.807) is 0 Å². The van der Waals surface area contributed by atoms with Gasteiger partial charge in [-0.15, -0.1) is 0 Å². The molecule has 2 aromatic rings. The number of aromatic nitrogens is 1. The summed E-state index contributed by atoms with van der Waals surface area (Å²) in [5.74, 6) is -0.847. The first-order chi connectivity index (χ1) is 10.1. The molecule has 0 fully saturated rings. The molecule has 3 rings (SSSR count). The molecular formula is C15H14ClNO4. The predicted molar refractivity (Wildman–Crippen MR) is 77.1 cm³/mol. The van der Waals surface area contributed by atoms with Crippen LogP contribution in [0.25, 0.3) is 11.3 Å². The maximum Gasteiger partial charge on any atom is 0.374 e. The number of rotatable bonds is 3. The predicted octanol–water partition coefficient (Wildman–Crippen LogP) is 3.58. The Kier molecular flexibility index (Phi) is 3.59. The molecule has 0 amide bonds. The van der Waals surface area contributed by atoms with E-state index in [9.17, 15) is 4.79 Å². The van der Waals surface area contributed by atoms with Crippen molar-refractivity contribution in [1.82, 2.24) is 5.16 Å². The van der Waals surface area contributed by atoms with Crippen LogP contribution in [0, 0.1) is 0 Å². The number of carboxylic acid groups (broad SMARTS) is 1. The lowest BCUT2D eigenvalue weighted by Gasteiger charge is -2.20. The highest BCUT2D eigenvalue weighted by molar-refractivity contribution is 6.33. The fourth-order valence-corrected chi connectivity index (χ4v) is 3.12. The van der Waals surface area contributed by atoms with Crippen LogP contribution in [-0.4, -0.2) is 23.3 Å². The van der Waals surface area contributed by atoms with E-state index in [4.69, 9.17) is 26.0 Å². The molecule has 1 aliphatic rings. The van der Waals surface area contributed by atoms with Gasteiger partial charge in [0, 0.05) is 11.6 Å². The molecule has 6 heteroatoms. The van der Waals surface area contributed by atoms with Crippen molar-refractivity contribution < 1.29 is 19.2 Å². The maximum atomic E-state index is 10.9. The van der Waals surface area contributed by atoms with Crippen LogP contribution in [0.2, 0.25) is 5.02 Å². The number of aryl methyl sites for hydroxylation is 1. The van der Waals surface area contributed by atoms with Crippen molar-refractivity contribution in [2.24, 2.45) is 0 Å². The Hall–Kier alpha value is -2.01. The molecule has 1 aromatic carbocycles. The monoisotopic (exact) mass is 307 g/mol. The van der Waals surface area contributed by atoms with Crippen molar-refractivity contribution in [2.75, 3.05) is 7.11 Å². The van der Waals surface area contributed by atoms with Crippen molar-refractivity contribution >= 4 is 17.6 Å². The second-order valence-electron chi connectivity index (χ2n) is 5.00. The van der Waals surface area contributed by atoms with E-state index in [0.29, 0.717) is 22.0 Å². The number of carbonyl (C=O) groups is 1. The first kappa shape index (κ1) is 13.9. The second kappa shape index (κ2) is 5.41. The zero-order valence-corrected chi connectivity index (χ0v) is 12.2. The van der Waals surface area contributed by atoms with E-state index in [2.05, 4.69) is 5.16 Å². The molecule has 5 nitrogen and oxygen atoms in total. The fourth-order valence-electron chi connectivity index (χ4n) is 2.73. The van der Waals surface area contributed by atoms with Crippen LogP contribution in [0.15, 0.2) is 16.7 Å². The molecule has 0 saturated heterocycles. The van der Waals surface area contributed by atoms with Crippen LogP contribution in [0.4, 0.5) is 0 Å². The SMILES string of the molecule is COc1c(-c2cc(C(=O)O)on2)cc2c(c1Cl)CCCC2. The molecule has 0 radical (unpaired) electrons. The van der Waals surface area contributed by atoms with Gasteiger partial charge in [0.1, 0.15) is 11.4 Å². The van der Waals surface area contributed by atoms with Gasteiger partial charge in [0.25, 0.3) is 0 Å². The summed E-state index contributed by atoms with van der Waals surface area (Å²) in [6.45, 7) is 0. The molecule has 0 aliphatic heterocycles. The summed E-state index contributed by atoms with van der Waals surface area (Å²) in [6.07, 6.45) is 4.12. The van der Waals surface area contributed by atoms with E-state index in [-0.39, 0.29) is 5.76 Å². The minimum Gasteiger partial charge on any atom is -0.494 e. The van der Waals surface area contributed by atoms with E-state index in [0.717, 1.165) is 31.2 Å². The molecule has 1 N–H and O–H groups in total. The van der Waals surface area contributed by atoms with Crippen LogP contribution >= 0.6 is 11.6 Å². The Morgan fingerprint density at radius 3 is 2.81 bits per heavy atom. The van der Waals surface area contributed by atoms with Gasteiger partial charge < -0.3 is 14.4 Å². The fraction of sp³-hybridized carbons (Fsp3) is 0.333. The summed E-state index contributed by atoms with van der Waals surface area (Å²) in [4.78, 5) is 10.9. The maximum absolute atomic E-state index is 10.9. The van der Waals surface area contributed by atoms with Crippen molar-refractivity contribution in [3.63, 3.8) is 0 Å². The van der Waals surface area contributed by atoms with Gasteiger partial charge in [-0.3, -0.25) is 0 Å². The molecule has 0 unspecified atom stereocenters. The number of hydrogen-bond donors (Lipinski definition) is 1. The Balaban J connectivity index is 2.16. The van der Waals surface area contributed by atoms with Crippen LogP contribution in [0.1, 0.15) is 34.5 Å². The third kappa shape index (κ3) is 2.38. The largest absolute Gasteiger partial charge is 0.494 e. The number of fused-ring (bicyclic) bond motifs is 1. The third-order valence-electron chi connectivity index (χ3n) is 3.74. The average Bonchev–Trinajstić information content (AvgIpc) is 2.97.